The zero-order valence-electron chi connectivity index (χ0n) is 11.9. The van der Waals surface area contributed by atoms with Gasteiger partial charge in [-0.3, -0.25) is 4.68 Å². The summed E-state index contributed by atoms with van der Waals surface area (Å²) < 4.78 is 1.98. The van der Waals surface area contributed by atoms with Crippen molar-refractivity contribution in [2.24, 2.45) is 13.0 Å². The highest BCUT2D eigenvalue weighted by Crippen LogP contribution is 2.17. The second-order valence-corrected chi connectivity index (χ2v) is 5.43. The smallest absolute Gasteiger partial charge is 0.0492 e. The molecular weight excluding hydrogens is 224 g/mol. The second-order valence-electron chi connectivity index (χ2n) is 5.43. The summed E-state index contributed by atoms with van der Waals surface area (Å²) in [4.78, 5) is 2.59. The molecule has 4 heteroatoms. The Morgan fingerprint density at radius 2 is 2.33 bits per heavy atom. The highest BCUT2D eigenvalue weighted by atomic mass is 15.3. The maximum absolute atomic E-state index is 4.22. The molecule has 18 heavy (non-hydrogen) atoms. The van der Waals surface area contributed by atoms with Gasteiger partial charge in [-0.2, -0.15) is 5.10 Å². The summed E-state index contributed by atoms with van der Waals surface area (Å²) >= 11 is 0. The maximum atomic E-state index is 4.22. The molecule has 1 fully saturated rings. The molecule has 0 amide bonds. The lowest BCUT2D eigenvalue weighted by Crippen LogP contribution is -2.48. The lowest BCUT2D eigenvalue weighted by Gasteiger charge is -2.37. The molecule has 1 aromatic rings. The molecule has 2 atom stereocenters. The molecular formula is C14H26N4. The van der Waals surface area contributed by atoms with Gasteiger partial charge in [-0.15, -0.1) is 0 Å². The van der Waals surface area contributed by atoms with Gasteiger partial charge in [0.1, 0.15) is 0 Å². The average Bonchev–Trinajstić information content (AvgIpc) is 2.76. The van der Waals surface area contributed by atoms with Crippen molar-refractivity contribution in [1.29, 1.82) is 0 Å². The predicted molar refractivity (Wildman–Crippen MR) is 74.6 cm³/mol. The van der Waals surface area contributed by atoms with Crippen LogP contribution in [0.2, 0.25) is 0 Å². The number of piperidine rings is 1. The topological polar surface area (TPSA) is 33.1 Å². The number of aryl methyl sites for hydroxylation is 1. The highest BCUT2D eigenvalue weighted by Gasteiger charge is 2.24. The minimum Gasteiger partial charge on any atom is -0.314 e. The Kier molecular flexibility index (Phi) is 4.78. The quantitative estimate of drug-likeness (QED) is 0.854. The molecule has 1 aromatic heterocycles. The number of hydrogen-bond acceptors (Lipinski definition) is 3. The summed E-state index contributed by atoms with van der Waals surface area (Å²) in [7, 11) is 2.02. The van der Waals surface area contributed by atoms with E-state index >= 15 is 0 Å². The fraction of sp³-hybridized carbons (Fsp3) is 0.786. The minimum atomic E-state index is 0.711. The normalized spacial score (nSPS) is 25.5. The molecule has 0 saturated carbocycles. The maximum Gasteiger partial charge on any atom is 0.0492 e. The first-order chi connectivity index (χ1) is 8.70. The van der Waals surface area contributed by atoms with Crippen LogP contribution in [0.25, 0.3) is 0 Å². The third kappa shape index (κ3) is 3.33. The van der Waals surface area contributed by atoms with E-state index in [1.54, 1.807) is 0 Å². The summed E-state index contributed by atoms with van der Waals surface area (Å²) in [6.45, 7) is 9.24. The molecule has 2 rings (SSSR count). The van der Waals surface area contributed by atoms with Crippen molar-refractivity contribution in [2.75, 3.05) is 26.2 Å². The van der Waals surface area contributed by atoms with Crippen LogP contribution in [0, 0.1) is 5.92 Å². The molecule has 0 bridgehead atoms. The van der Waals surface area contributed by atoms with E-state index in [9.17, 15) is 0 Å². The zero-order chi connectivity index (χ0) is 13.0. The van der Waals surface area contributed by atoms with Crippen molar-refractivity contribution in [3.8, 4) is 0 Å². The van der Waals surface area contributed by atoms with E-state index in [4.69, 9.17) is 0 Å². The molecule has 0 spiro atoms. The molecule has 0 aliphatic carbocycles. The number of hydrogen-bond donors (Lipinski definition) is 1. The third-order valence-electron chi connectivity index (χ3n) is 4.06. The largest absolute Gasteiger partial charge is 0.314 e. The van der Waals surface area contributed by atoms with Gasteiger partial charge < -0.3 is 10.2 Å². The molecule has 4 nitrogen and oxygen atoms in total. The van der Waals surface area contributed by atoms with E-state index in [2.05, 4.69) is 35.2 Å². The first kappa shape index (κ1) is 13.6. The lowest BCUT2D eigenvalue weighted by molar-refractivity contribution is 0.149. The van der Waals surface area contributed by atoms with E-state index in [0.29, 0.717) is 6.04 Å². The Bertz CT molecular complexity index is 360. The van der Waals surface area contributed by atoms with Crippen molar-refractivity contribution >= 4 is 0 Å². The van der Waals surface area contributed by atoms with Crippen LogP contribution in [0.3, 0.4) is 0 Å². The molecule has 2 unspecified atom stereocenters. The van der Waals surface area contributed by atoms with Crippen LogP contribution < -0.4 is 5.32 Å². The average molecular weight is 250 g/mol. The van der Waals surface area contributed by atoms with Crippen molar-refractivity contribution in [2.45, 2.75) is 32.7 Å². The first-order valence-corrected chi connectivity index (χ1v) is 7.13. The van der Waals surface area contributed by atoms with Gasteiger partial charge in [0, 0.05) is 44.5 Å². The van der Waals surface area contributed by atoms with E-state index in [1.165, 1.54) is 25.2 Å². The number of aromatic nitrogens is 2. The summed E-state index contributed by atoms with van der Waals surface area (Å²) in [5, 5.41) is 7.81. The van der Waals surface area contributed by atoms with Crippen LogP contribution in [0.4, 0.5) is 0 Å². The molecule has 0 aromatic carbocycles. The number of nitrogens with one attached hydrogen (secondary N) is 1. The predicted octanol–water partition coefficient (Wildman–Crippen LogP) is 1.28. The van der Waals surface area contributed by atoms with Gasteiger partial charge in [-0.25, -0.2) is 0 Å². The van der Waals surface area contributed by atoms with Crippen molar-refractivity contribution in [1.82, 2.24) is 20.0 Å². The monoisotopic (exact) mass is 250 g/mol. The number of nitrogens with zero attached hydrogens (tertiary/aromatic N) is 3. The van der Waals surface area contributed by atoms with Crippen molar-refractivity contribution < 1.29 is 0 Å². The molecule has 1 aliphatic rings. The SMILES string of the molecule is CCNC1CCN(CCc2ccnn2C)CC1C. The van der Waals surface area contributed by atoms with Crippen LogP contribution in [0.5, 0.6) is 0 Å². The van der Waals surface area contributed by atoms with Gasteiger partial charge >= 0.3 is 0 Å². The van der Waals surface area contributed by atoms with Gasteiger partial charge in [-0.1, -0.05) is 13.8 Å². The zero-order valence-corrected chi connectivity index (χ0v) is 11.9. The third-order valence-corrected chi connectivity index (χ3v) is 4.06. The van der Waals surface area contributed by atoms with Crippen LogP contribution in [0.15, 0.2) is 12.3 Å². The standard InChI is InChI=1S/C14H26N4/c1-4-15-14-7-10-18(11-12(14)2)9-6-13-5-8-16-17(13)3/h5,8,12,14-15H,4,6-7,9-11H2,1-3H3. The Hall–Kier alpha value is -0.870. The number of rotatable bonds is 5. The minimum absolute atomic E-state index is 0.711. The van der Waals surface area contributed by atoms with Gasteiger partial charge in [-0.05, 0) is 31.5 Å². The summed E-state index contributed by atoms with van der Waals surface area (Å²) in [5.41, 5.74) is 1.33. The fourth-order valence-electron chi connectivity index (χ4n) is 2.92. The van der Waals surface area contributed by atoms with Crippen molar-refractivity contribution in [3.05, 3.63) is 18.0 Å². The Labute approximate surface area is 110 Å². The molecule has 0 radical (unpaired) electrons. The van der Waals surface area contributed by atoms with E-state index < -0.39 is 0 Å². The van der Waals surface area contributed by atoms with Crippen molar-refractivity contribution in [3.63, 3.8) is 0 Å². The Morgan fingerprint density at radius 1 is 1.50 bits per heavy atom. The summed E-state index contributed by atoms with van der Waals surface area (Å²) in [6.07, 6.45) is 4.27. The second kappa shape index (κ2) is 6.34. The van der Waals surface area contributed by atoms with Gasteiger partial charge in [0.2, 0.25) is 0 Å². The first-order valence-electron chi connectivity index (χ1n) is 7.13. The lowest BCUT2D eigenvalue weighted by atomic mass is 9.93. The molecule has 102 valence electrons. The van der Waals surface area contributed by atoms with Crippen LogP contribution in [-0.2, 0) is 13.5 Å². The van der Waals surface area contributed by atoms with Gasteiger partial charge in [0.15, 0.2) is 0 Å². The fourth-order valence-corrected chi connectivity index (χ4v) is 2.92. The molecule has 2 heterocycles. The van der Waals surface area contributed by atoms with Gasteiger partial charge in [0.05, 0.1) is 0 Å². The van der Waals surface area contributed by atoms with E-state index in [-0.39, 0.29) is 0 Å². The van der Waals surface area contributed by atoms with Gasteiger partial charge in [0.25, 0.3) is 0 Å². The number of likely N-dealkylation sites (tertiary alicyclic amines) is 1. The summed E-state index contributed by atoms with van der Waals surface area (Å²) in [6, 6.07) is 2.83. The van der Waals surface area contributed by atoms with E-state index in [1.807, 2.05) is 17.9 Å². The Balaban J connectivity index is 1.77. The van der Waals surface area contributed by atoms with Crippen LogP contribution in [0.1, 0.15) is 26.0 Å². The molecule has 1 saturated heterocycles. The van der Waals surface area contributed by atoms with Crippen LogP contribution in [-0.4, -0.2) is 46.9 Å². The highest BCUT2D eigenvalue weighted by molar-refractivity contribution is 5.00. The molecule has 1 N–H and O–H groups in total. The molecule has 1 aliphatic heterocycles. The van der Waals surface area contributed by atoms with E-state index in [0.717, 1.165) is 25.4 Å². The van der Waals surface area contributed by atoms with Crippen LogP contribution >= 0.6 is 0 Å². The summed E-state index contributed by atoms with van der Waals surface area (Å²) in [5.74, 6) is 0.755. The Morgan fingerprint density at radius 3 is 2.94 bits per heavy atom.